The van der Waals surface area contributed by atoms with E-state index in [1.807, 2.05) is 42.9 Å². The Hall–Kier alpha value is -1.52. The summed E-state index contributed by atoms with van der Waals surface area (Å²) in [4.78, 5) is 13.2. The minimum absolute atomic E-state index is 0. The summed E-state index contributed by atoms with van der Waals surface area (Å²) < 4.78 is 2.00. The largest absolute Gasteiger partial charge is 0.478 e. The minimum Gasteiger partial charge on any atom is -0.478 e. The highest BCUT2D eigenvalue weighted by atomic mass is 35.5. The van der Waals surface area contributed by atoms with Crippen LogP contribution >= 0.6 is 12.4 Å². The molecule has 2 rings (SSSR count). The van der Waals surface area contributed by atoms with Gasteiger partial charge in [0.15, 0.2) is 0 Å². The second-order valence-electron chi connectivity index (χ2n) is 4.36. The van der Waals surface area contributed by atoms with Gasteiger partial charge in [0, 0.05) is 30.2 Å². The summed E-state index contributed by atoms with van der Waals surface area (Å²) in [7, 11) is 4.01. The van der Waals surface area contributed by atoms with Crippen molar-refractivity contribution in [2.45, 2.75) is 6.54 Å². The number of carboxylic acid groups (broad SMARTS) is 1. The number of para-hydroxylation sites is 1. The summed E-state index contributed by atoms with van der Waals surface area (Å²) in [6, 6.07) is 7.60. The molecule has 18 heavy (non-hydrogen) atoms. The first-order valence-electron chi connectivity index (χ1n) is 5.55. The number of fused-ring (bicyclic) bond motifs is 1. The molecule has 5 heteroatoms. The van der Waals surface area contributed by atoms with E-state index >= 15 is 0 Å². The van der Waals surface area contributed by atoms with Crippen molar-refractivity contribution in [2.75, 3.05) is 20.6 Å². The van der Waals surface area contributed by atoms with Crippen molar-refractivity contribution >= 4 is 29.3 Å². The standard InChI is InChI=1S/C13H16N2O2.ClH/c1-14(2)7-8-15-9-11(13(16)17)10-5-3-4-6-12(10)15;/h3-6,9H,7-8H2,1-2H3,(H,16,17);1H. The molecule has 1 aromatic heterocycles. The molecule has 0 aliphatic heterocycles. The highest BCUT2D eigenvalue weighted by Crippen LogP contribution is 2.21. The van der Waals surface area contributed by atoms with Gasteiger partial charge in [0.05, 0.1) is 5.56 Å². The minimum atomic E-state index is -0.871. The number of carboxylic acids is 1. The van der Waals surface area contributed by atoms with E-state index in [1.54, 1.807) is 6.20 Å². The third-order valence-electron chi connectivity index (χ3n) is 2.81. The van der Waals surface area contributed by atoms with Crippen LogP contribution in [0, 0.1) is 0 Å². The molecule has 0 saturated carbocycles. The number of halogens is 1. The number of rotatable bonds is 4. The predicted molar refractivity (Wildman–Crippen MR) is 74.7 cm³/mol. The molecule has 0 aliphatic carbocycles. The Bertz CT molecular complexity index is 549. The zero-order valence-corrected chi connectivity index (χ0v) is 11.3. The molecule has 4 nitrogen and oxygen atoms in total. The van der Waals surface area contributed by atoms with Crippen molar-refractivity contribution in [2.24, 2.45) is 0 Å². The van der Waals surface area contributed by atoms with Crippen molar-refractivity contribution in [3.05, 3.63) is 36.0 Å². The van der Waals surface area contributed by atoms with Crippen LogP contribution in [0.3, 0.4) is 0 Å². The average molecular weight is 269 g/mol. The zero-order chi connectivity index (χ0) is 12.4. The molecule has 0 bridgehead atoms. The maximum atomic E-state index is 11.1. The van der Waals surface area contributed by atoms with Gasteiger partial charge in [-0.2, -0.15) is 0 Å². The molecular formula is C13H17ClN2O2. The van der Waals surface area contributed by atoms with Gasteiger partial charge in [-0.05, 0) is 20.2 Å². The first-order valence-corrected chi connectivity index (χ1v) is 5.55. The first-order chi connectivity index (χ1) is 8.09. The van der Waals surface area contributed by atoms with Crippen LogP contribution in [-0.4, -0.2) is 41.2 Å². The van der Waals surface area contributed by atoms with E-state index in [-0.39, 0.29) is 12.4 Å². The van der Waals surface area contributed by atoms with E-state index in [0.717, 1.165) is 24.0 Å². The lowest BCUT2D eigenvalue weighted by atomic mass is 10.2. The molecule has 1 N–H and O–H groups in total. The van der Waals surface area contributed by atoms with Gasteiger partial charge in [-0.25, -0.2) is 4.79 Å². The maximum absolute atomic E-state index is 11.1. The summed E-state index contributed by atoms with van der Waals surface area (Å²) >= 11 is 0. The Kier molecular flexibility index (Phi) is 4.76. The molecule has 0 saturated heterocycles. The van der Waals surface area contributed by atoms with Gasteiger partial charge in [-0.1, -0.05) is 18.2 Å². The van der Waals surface area contributed by atoms with Crippen LogP contribution in [0.4, 0.5) is 0 Å². The Morgan fingerprint density at radius 1 is 1.33 bits per heavy atom. The van der Waals surface area contributed by atoms with Crippen LogP contribution in [-0.2, 0) is 6.54 Å². The van der Waals surface area contributed by atoms with Gasteiger partial charge < -0.3 is 14.6 Å². The van der Waals surface area contributed by atoms with Crippen molar-refractivity contribution in [3.63, 3.8) is 0 Å². The molecule has 1 aromatic carbocycles. The lowest BCUT2D eigenvalue weighted by Gasteiger charge is -2.10. The van der Waals surface area contributed by atoms with E-state index < -0.39 is 5.97 Å². The SMILES string of the molecule is CN(C)CCn1cc(C(=O)O)c2ccccc21.Cl. The van der Waals surface area contributed by atoms with Crippen molar-refractivity contribution in [3.8, 4) is 0 Å². The second kappa shape index (κ2) is 5.89. The Morgan fingerprint density at radius 3 is 2.61 bits per heavy atom. The molecule has 0 fully saturated rings. The summed E-state index contributed by atoms with van der Waals surface area (Å²) in [5.74, 6) is -0.871. The number of carbonyl (C=O) groups is 1. The van der Waals surface area contributed by atoms with E-state index in [1.165, 1.54) is 0 Å². The number of hydrogen-bond donors (Lipinski definition) is 1. The van der Waals surface area contributed by atoms with Gasteiger partial charge in [0.2, 0.25) is 0 Å². The fraction of sp³-hybridized carbons (Fsp3) is 0.308. The zero-order valence-electron chi connectivity index (χ0n) is 10.5. The molecule has 0 atom stereocenters. The van der Waals surface area contributed by atoms with Crippen LogP contribution in [0.2, 0.25) is 0 Å². The van der Waals surface area contributed by atoms with E-state index in [4.69, 9.17) is 5.11 Å². The molecule has 0 aliphatic rings. The summed E-state index contributed by atoms with van der Waals surface area (Å²) in [5.41, 5.74) is 1.35. The molecule has 1 heterocycles. The molecule has 2 aromatic rings. The number of aromatic carboxylic acids is 1. The number of benzene rings is 1. The third-order valence-corrected chi connectivity index (χ3v) is 2.81. The third kappa shape index (κ3) is 2.83. The lowest BCUT2D eigenvalue weighted by Crippen LogP contribution is -2.17. The first kappa shape index (κ1) is 14.5. The second-order valence-corrected chi connectivity index (χ2v) is 4.36. The van der Waals surface area contributed by atoms with Crippen LogP contribution in [0.5, 0.6) is 0 Å². The summed E-state index contributed by atoms with van der Waals surface area (Å²) in [6.07, 6.45) is 1.72. The Balaban J connectivity index is 0.00000162. The Morgan fingerprint density at radius 2 is 2.00 bits per heavy atom. The van der Waals surface area contributed by atoms with Gasteiger partial charge in [-0.15, -0.1) is 12.4 Å². The van der Waals surface area contributed by atoms with Gasteiger partial charge >= 0.3 is 5.97 Å². The van der Waals surface area contributed by atoms with Crippen molar-refractivity contribution < 1.29 is 9.90 Å². The normalized spacial score (nSPS) is 10.6. The fourth-order valence-electron chi connectivity index (χ4n) is 1.91. The number of hydrogen-bond acceptors (Lipinski definition) is 2. The molecule has 0 unspecified atom stereocenters. The van der Waals surface area contributed by atoms with Crippen LogP contribution in [0.15, 0.2) is 30.5 Å². The van der Waals surface area contributed by atoms with Crippen LogP contribution in [0.25, 0.3) is 10.9 Å². The van der Waals surface area contributed by atoms with Crippen molar-refractivity contribution in [1.29, 1.82) is 0 Å². The quantitative estimate of drug-likeness (QED) is 0.926. The number of aromatic nitrogens is 1. The highest BCUT2D eigenvalue weighted by Gasteiger charge is 2.13. The maximum Gasteiger partial charge on any atom is 0.337 e. The molecule has 98 valence electrons. The summed E-state index contributed by atoms with van der Waals surface area (Å²) in [5, 5.41) is 9.95. The topological polar surface area (TPSA) is 45.5 Å². The van der Waals surface area contributed by atoms with E-state index in [9.17, 15) is 4.79 Å². The van der Waals surface area contributed by atoms with Crippen molar-refractivity contribution in [1.82, 2.24) is 9.47 Å². The lowest BCUT2D eigenvalue weighted by molar-refractivity contribution is 0.0699. The smallest absolute Gasteiger partial charge is 0.337 e. The monoisotopic (exact) mass is 268 g/mol. The highest BCUT2D eigenvalue weighted by molar-refractivity contribution is 6.03. The fourth-order valence-corrected chi connectivity index (χ4v) is 1.91. The molecule has 0 amide bonds. The van der Waals surface area contributed by atoms with Crippen LogP contribution in [0.1, 0.15) is 10.4 Å². The molecule has 0 radical (unpaired) electrons. The number of nitrogens with zero attached hydrogens (tertiary/aromatic N) is 2. The number of likely N-dealkylation sites (N-methyl/N-ethyl adjacent to an activating group) is 1. The van der Waals surface area contributed by atoms with Gasteiger partial charge in [-0.3, -0.25) is 0 Å². The van der Waals surface area contributed by atoms with Gasteiger partial charge in [0.1, 0.15) is 0 Å². The average Bonchev–Trinajstić information content (AvgIpc) is 2.65. The summed E-state index contributed by atoms with van der Waals surface area (Å²) in [6.45, 7) is 1.68. The predicted octanol–water partition coefficient (Wildman–Crippen LogP) is 2.32. The molecular weight excluding hydrogens is 252 g/mol. The Labute approximate surface area is 112 Å². The molecule has 0 spiro atoms. The van der Waals surface area contributed by atoms with Crippen LogP contribution < -0.4 is 0 Å². The van der Waals surface area contributed by atoms with Gasteiger partial charge in [0.25, 0.3) is 0 Å². The van der Waals surface area contributed by atoms with E-state index in [0.29, 0.717) is 5.56 Å². The van der Waals surface area contributed by atoms with E-state index in [2.05, 4.69) is 4.90 Å².